The van der Waals surface area contributed by atoms with Gasteiger partial charge in [-0.25, -0.2) is 9.37 Å². The number of rotatable bonds is 6. The Morgan fingerprint density at radius 1 is 1.07 bits per heavy atom. The molecule has 0 aliphatic heterocycles. The molecule has 1 aromatic heterocycles. The van der Waals surface area contributed by atoms with E-state index in [0.717, 1.165) is 27.4 Å². The van der Waals surface area contributed by atoms with Crippen LogP contribution in [0.3, 0.4) is 0 Å². The highest BCUT2D eigenvalue weighted by molar-refractivity contribution is 7.13. The molecule has 6 heteroatoms. The number of aryl methyl sites for hydroxylation is 1. The van der Waals surface area contributed by atoms with E-state index in [0.29, 0.717) is 18.1 Å². The molecule has 0 aliphatic carbocycles. The number of nitrogens with one attached hydrogen (secondary N) is 1. The third-order valence-electron chi connectivity index (χ3n) is 4.43. The molecule has 1 amide bonds. The van der Waals surface area contributed by atoms with E-state index in [2.05, 4.69) is 10.3 Å². The van der Waals surface area contributed by atoms with Crippen LogP contribution in [-0.2, 0) is 6.61 Å². The second-order valence-electron chi connectivity index (χ2n) is 6.80. The van der Waals surface area contributed by atoms with Crippen LogP contribution in [0.1, 0.15) is 21.6 Å². The van der Waals surface area contributed by atoms with Crippen molar-refractivity contribution in [3.05, 3.63) is 101 Å². The lowest BCUT2D eigenvalue weighted by atomic mass is 10.2. The van der Waals surface area contributed by atoms with Gasteiger partial charge < -0.3 is 10.1 Å². The zero-order valence-electron chi connectivity index (χ0n) is 16.3. The number of hydrogen-bond donors (Lipinski definition) is 1. The molecule has 0 unspecified atom stereocenters. The maximum absolute atomic E-state index is 13.0. The number of benzene rings is 3. The first-order valence-corrected chi connectivity index (χ1v) is 10.3. The highest BCUT2D eigenvalue weighted by Crippen LogP contribution is 2.26. The molecule has 0 radical (unpaired) electrons. The smallest absolute Gasteiger partial charge is 0.275 e. The topological polar surface area (TPSA) is 51.2 Å². The summed E-state index contributed by atoms with van der Waals surface area (Å²) in [5, 5.41) is 5.38. The van der Waals surface area contributed by atoms with Crippen LogP contribution in [-0.4, -0.2) is 10.9 Å². The van der Waals surface area contributed by atoms with Crippen LogP contribution in [0.4, 0.5) is 10.1 Å². The number of amides is 1. The van der Waals surface area contributed by atoms with E-state index in [1.807, 2.05) is 55.5 Å². The largest absolute Gasteiger partial charge is 0.489 e. The quantitative estimate of drug-likeness (QED) is 0.412. The Morgan fingerprint density at radius 3 is 2.57 bits per heavy atom. The fourth-order valence-electron chi connectivity index (χ4n) is 2.87. The number of ether oxygens (including phenoxy) is 1. The summed E-state index contributed by atoms with van der Waals surface area (Å²) in [6.07, 6.45) is 0. The predicted octanol–water partition coefficient (Wildman–Crippen LogP) is 6.09. The van der Waals surface area contributed by atoms with Gasteiger partial charge in [-0.3, -0.25) is 4.79 Å². The monoisotopic (exact) mass is 418 g/mol. The van der Waals surface area contributed by atoms with Crippen LogP contribution < -0.4 is 10.1 Å². The number of thiazole rings is 1. The number of carbonyl (C=O) groups excluding carboxylic acids is 1. The molecule has 4 aromatic rings. The van der Waals surface area contributed by atoms with E-state index in [9.17, 15) is 9.18 Å². The summed E-state index contributed by atoms with van der Waals surface area (Å²) in [6, 6.07) is 21.4. The summed E-state index contributed by atoms with van der Waals surface area (Å²) in [5.74, 6) is 0.206. The third-order valence-corrected chi connectivity index (χ3v) is 5.32. The van der Waals surface area contributed by atoms with Gasteiger partial charge >= 0.3 is 0 Å². The number of halogens is 1. The van der Waals surface area contributed by atoms with Gasteiger partial charge in [-0.2, -0.15) is 0 Å². The van der Waals surface area contributed by atoms with Crippen LogP contribution >= 0.6 is 11.3 Å². The van der Waals surface area contributed by atoms with E-state index in [-0.39, 0.29) is 11.7 Å². The second kappa shape index (κ2) is 8.88. The van der Waals surface area contributed by atoms with Crippen molar-refractivity contribution in [2.75, 3.05) is 5.32 Å². The summed E-state index contributed by atoms with van der Waals surface area (Å²) >= 11 is 1.41. The van der Waals surface area contributed by atoms with E-state index < -0.39 is 0 Å². The number of anilines is 1. The molecule has 0 saturated heterocycles. The van der Waals surface area contributed by atoms with Gasteiger partial charge in [0.25, 0.3) is 5.91 Å². The first-order chi connectivity index (χ1) is 14.6. The number of aromatic nitrogens is 1. The summed E-state index contributed by atoms with van der Waals surface area (Å²) < 4.78 is 18.7. The molecule has 0 atom stereocenters. The van der Waals surface area contributed by atoms with Crippen molar-refractivity contribution in [2.45, 2.75) is 13.5 Å². The van der Waals surface area contributed by atoms with Crippen molar-refractivity contribution in [3.63, 3.8) is 0 Å². The molecule has 3 aromatic carbocycles. The zero-order valence-corrected chi connectivity index (χ0v) is 17.1. The molecule has 1 N–H and O–H groups in total. The number of hydrogen-bond acceptors (Lipinski definition) is 4. The summed E-state index contributed by atoms with van der Waals surface area (Å²) in [5.41, 5.74) is 4.01. The summed E-state index contributed by atoms with van der Waals surface area (Å²) in [7, 11) is 0. The van der Waals surface area contributed by atoms with Crippen LogP contribution in [0, 0.1) is 12.7 Å². The average molecular weight is 418 g/mol. The molecule has 0 bridgehead atoms. The molecule has 1 heterocycles. The molecule has 4 rings (SSSR count). The van der Waals surface area contributed by atoms with E-state index in [1.165, 1.54) is 23.5 Å². The lowest BCUT2D eigenvalue weighted by Gasteiger charge is -2.07. The van der Waals surface area contributed by atoms with Gasteiger partial charge in [0.15, 0.2) is 0 Å². The Morgan fingerprint density at radius 2 is 1.83 bits per heavy atom. The number of carbonyl (C=O) groups is 1. The van der Waals surface area contributed by atoms with Gasteiger partial charge in [-0.15, -0.1) is 11.3 Å². The normalized spacial score (nSPS) is 10.6. The fourth-order valence-corrected chi connectivity index (χ4v) is 3.68. The van der Waals surface area contributed by atoms with Crippen molar-refractivity contribution in [1.82, 2.24) is 4.98 Å². The molecule has 4 nitrogen and oxygen atoms in total. The Hall–Kier alpha value is -3.51. The maximum atomic E-state index is 13.0. The predicted molar refractivity (Wildman–Crippen MR) is 117 cm³/mol. The van der Waals surface area contributed by atoms with Crippen molar-refractivity contribution in [3.8, 4) is 16.3 Å². The van der Waals surface area contributed by atoms with E-state index >= 15 is 0 Å². The van der Waals surface area contributed by atoms with Crippen LogP contribution in [0.25, 0.3) is 10.6 Å². The highest BCUT2D eigenvalue weighted by atomic mass is 32.1. The zero-order chi connectivity index (χ0) is 20.9. The van der Waals surface area contributed by atoms with Gasteiger partial charge in [0.05, 0.1) is 0 Å². The minimum atomic E-state index is -0.265. The molecule has 0 aliphatic rings. The maximum Gasteiger partial charge on any atom is 0.275 e. The Kier molecular flexibility index (Phi) is 5.86. The van der Waals surface area contributed by atoms with Crippen molar-refractivity contribution in [2.24, 2.45) is 0 Å². The molecular formula is C24H19FN2O2S. The van der Waals surface area contributed by atoms with E-state index in [4.69, 9.17) is 4.74 Å². The lowest BCUT2D eigenvalue weighted by Crippen LogP contribution is -2.12. The lowest BCUT2D eigenvalue weighted by molar-refractivity contribution is 0.102. The minimum absolute atomic E-state index is 0.234. The van der Waals surface area contributed by atoms with Crippen molar-refractivity contribution in [1.29, 1.82) is 0 Å². The van der Waals surface area contributed by atoms with Gasteiger partial charge in [0.2, 0.25) is 0 Å². The minimum Gasteiger partial charge on any atom is -0.489 e. The van der Waals surface area contributed by atoms with E-state index in [1.54, 1.807) is 17.5 Å². The van der Waals surface area contributed by atoms with Crippen molar-refractivity contribution < 1.29 is 13.9 Å². The van der Waals surface area contributed by atoms with Crippen LogP contribution in [0.2, 0.25) is 0 Å². The summed E-state index contributed by atoms with van der Waals surface area (Å²) in [6.45, 7) is 2.34. The second-order valence-corrected chi connectivity index (χ2v) is 7.66. The van der Waals surface area contributed by atoms with Gasteiger partial charge in [-0.05, 0) is 66.6 Å². The van der Waals surface area contributed by atoms with Gasteiger partial charge in [0.1, 0.15) is 28.9 Å². The fraction of sp³-hybridized carbons (Fsp3) is 0.0833. The molecule has 150 valence electrons. The Balaban J connectivity index is 1.39. The third kappa shape index (κ3) is 4.90. The summed E-state index contributed by atoms with van der Waals surface area (Å²) in [4.78, 5) is 16.9. The SMILES string of the molecule is Cc1cccc(NC(=O)c2csc(-c3ccc(OCc4ccc(F)cc4)cc3)n2)c1. The highest BCUT2D eigenvalue weighted by Gasteiger charge is 2.12. The van der Waals surface area contributed by atoms with Crippen LogP contribution in [0.15, 0.2) is 78.2 Å². The van der Waals surface area contributed by atoms with Gasteiger partial charge in [0, 0.05) is 16.6 Å². The standard InChI is InChI=1S/C24H19FN2O2S/c1-16-3-2-4-20(13-16)26-23(28)22-15-30-24(27-22)18-7-11-21(12-8-18)29-14-17-5-9-19(25)10-6-17/h2-13,15H,14H2,1H3,(H,26,28). The Labute approximate surface area is 178 Å². The Bertz CT molecular complexity index is 1150. The van der Waals surface area contributed by atoms with Crippen LogP contribution in [0.5, 0.6) is 5.75 Å². The molecule has 0 fully saturated rings. The molecule has 0 spiro atoms. The molecule has 0 saturated carbocycles. The average Bonchev–Trinajstić information content (AvgIpc) is 3.24. The first-order valence-electron chi connectivity index (χ1n) is 9.38. The first kappa shape index (κ1) is 19.8. The molecular weight excluding hydrogens is 399 g/mol. The molecule has 30 heavy (non-hydrogen) atoms. The van der Waals surface area contributed by atoms with Crippen molar-refractivity contribution >= 4 is 22.9 Å². The number of nitrogens with zero attached hydrogens (tertiary/aromatic N) is 1. The van der Waals surface area contributed by atoms with Gasteiger partial charge in [-0.1, -0.05) is 24.3 Å².